The summed E-state index contributed by atoms with van der Waals surface area (Å²) in [6, 6.07) is 5.85. The summed E-state index contributed by atoms with van der Waals surface area (Å²) in [4.78, 5) is 13.2. The van der Waals surface area contributed by atoms with E-state index in [-0.39, 0.29) is 0 Å². The molecular formula is C16H23N5. The lowest BCUT2D eigenvalue weighted by Crippen LogP contribution is -2.46. The van der Waals surface area contributed by atoms with Crippen LogP contribution in [0.2, 0.25) is 0 Å². The van der Waals surface area contributed by atoms with Gasteiger partial charge in [0.2, 0.25) is 0 Å². The SMILES string of the molecule is Nc1ccc2nc(CN3CCN(CC4CC4)CC3)[nH]c2c1. The lowest BCUT2D eigenvalue weighted by atomic mass is 10.3. The Morgan fingerprint density at radius 1 is 1.14 bits per heavy atom. The van der Waals surface area contributed by atoms with Crippen molar-refractivity contribution in [2.24, 2.45) is 5.92 Å². The number of benzene rings is 1. The van der Waals surface area contributed by atoms with Crippen molar-refractivity contribution in [3.63, 3.8) is 0 Å². The first kappa shape index (κ1) is 13.1. The van der Waals surface area contributed by atoms with Crippen LogP contribution in [0.25, 0.3) is 11.0 Å². The number of nitrogens with two attached hydrogens (primary N) is 1. The van der Waals surface area contributed by atoms with Gasteiger partial charge in [-0.3, -0.25) is 4.90 Å². The van der Waals surface area contributed by atoms with Crippen LogP contribution in [0.5, 0.6) is 0 Å². The molecule has 0 amide bonds. The van der Waals surface area contributed by atoms with Gasteiger partial charge in [0.05, 0.1) is 17.6 Å². The number of aromatic amines is 1. The van der Waals surface area contributed by atoms with Crippen molar-refractivity contribution in [2.45, 2.75) is 19.4 Å². The lowest BCUT2D eigenvalue weighted by molar-refractivity contribution is 0.121. The van der Waals surface area contributed by atoms with Crippen LogP contribution in [-0.2, 0) is 6.54 Å². The fourth-order valence-electron chi connectivity index (χ4n) is 3.16. The molecule has 2 fully saturated rings. The highest BCUT2D eigenvalue weighted by molar-refractivity contribution is 5.78. The summed E-state index contributed by atoms with van der Waals surface area (Å²) >= 11 is 0. The average Bonchev–Trinajstić information content (AvgIpc) is 3.20. The summed E-state index contributed by atoms with van der Waals surface area (Å²) in [5.41, 5.74) is 8.64. The molecule has 4 rings (SSSR count). The number of anilines is 1. The molecule has 0 spiro atoms. The maximum absolute atomic E-state index is 5.81. The van der Waals surface area contributed by atoms with Gasteiger partial charge in [-0.2, -0.15) is 0 Å². The summed E-state index contributed by atoms with van der Waals surface area (Å²) in [7, 11) is 0. The van der Waals surface area contributed by atoms with E-state index in [1.165, 1.54) is 32.5 Å². The number of nitrogens with zero attached hydrogens (tertiary/aromatic N) is 3. The largest absolute Gasteiger partial charge is 0.399 e. The second-order valence-electron chi connectivity index (χ2n) is 6.48. The Balaban J connectivity index is 1.36. The molecule has 1 saturated carbocycles. The van der Waals surface area contributed by atoms with Crippen molar-refractivity contribution in [3.8, 4) is 0 Å². The number of nitrogen functional groups attached to an aromatic ring is 1. The molecule has 2 heterocycles. The maximum atomic E-state index is 5.81. The van der Waals surface area contributed by atoms with Gasteiger partial charge >= 0.3 is 0 Å². The maximum Gasteiger partial charge on any atom is 0.121 e. The van der Waals surface area contributed by atoms with E-state index < -0.39 is 0 Å². The number of aromatic nitrogens is 2. The Hall–Kier alpha value is -1.59. The van der Waals surface area contributed by atoms with E-state index in [1.807, 2.05) is 18.2 Å². The number of fused-ring (bicyclic) bond motifs is 1. The zero-order valence-corrected chi connectivity index (χ0v) is 12.4. The highest BCUT2D eigenvalue weighted by Gasteiger charge is 2.26. The number of rotatable bonds is 4. The molecule has 1 aliphatic carbocycles. The third-order valence-electron chi connectivity index (χ3n) is 4.61. The number of piperazine rings is 1. The minimum atomic E-state index is 0.784. The zero-order chi connectivity index (χ0) is 14.2. The molecule has 2 aromatic rings. The van der Waals surface area contributed by atoms with Crippen molar-refractivity contribution in [2.75, 3.05) is 38.5 Å². The van der Waals surface area contributed by atoms with E-state index in [2.05, 4.69) is 19.8 Å². The van der Waals surface area contributed by atoms with Crippen molar-refractivity contribution in [3.05, 3.63) is 24.0 Å². The van der Waals surface area contributed by atoms with Crippen LogP contribution in [0.15, 0.2) is 18.2 Å². The molecule has 1 saturated heterocycles. The number of imidazole rings is 1. The molecule has 2 aliphatic rings. The molecule has 5 nitrogen and oxygen atoms in total. The van der Waals surface area contributed by atoms with Gasteiger partial charge < -0.3 is 15.6 Å². The highest BCUT2D eigenvalue weighted by atomic mass is 15.3. The van der Waals surface area contributed by atoms with E-state index in [9.17, 15) is 0 Å². The molecule has 0 radical (unpaired) electrons. The second-order valence-corrected chi connectivity index (χ2v) is 6.48. The lowest BCUT2D eigenvalue weighted by Gasteiger charge is -2.34. The van der Waals surface area contributed by atoms with Crippen molar-refractivity contribution in [1.82, 2.24) is 19.8 Å². The quantitative estimate of drug-likeness (QED) is 0.839. The Labute approximate surface area is 125 Å². The summed E-state index contributed by atoms with van der Waals surface area (Å²) < 4.78 is 0. The van der Waals surface area contributed by atoms with E-state index in [0.29, 0.717) is 0 Å². The van der Waals surface area contributed by atoms with E-state index in [1.54, 1.807) is 0 Å². The van der Waals surface area contributed by atoms with Crippen LogP contribution in [0, 0.1) is 5.92 Å². The molecule has 0 atom stereocenters. The fraction of sp³-hybridized carbons (Fsp3) is 0.562. The molecule has 1 aromatic carbocycles. The predicted molar refractivity (Wildman–Crippen MR) is 84.9 cm³/mol. The van der Waals surface area contributed by atoms with Crippen molar-refractivity contribution < 1.29 is 0 Å². The third-order valence-corrected chi connectivity index (χ3v) is 4.61. The average molecular weight is 285 g/mol. The standard InChI is InChI=1S/C16H23N5/c17-13-3-4-14-15(9-13)19-16(18-14)11-21-7-5-20(6-8-21)10-12-1-2-12/h3-4,9,12H,1-2,5-8,10-11,17H2,(H,18,19). The molecule has 112 valence electrons. The summed E-state index contributed by atoms with van der Waals surface area (Å²) in [5.74, 6) is 2.05. The van der Waals surface area contributed by atoms with Crippen LogP contribution in [-0.4, -0.2) is 52.5 Å². The van der Waals surface area contributed by atoms with Crippen LogP contribution in [0.1, 0.15) is 18.7 Å². The van der Waals surface area contributed by atoms with Crippen LogP contribution in [0.3, 0.4) is 0 Å². The summed E-state index contributed by atoms with van der Waals surface area (Å²) in [6.07, 6.45) is 2.89. The molecule has 5 heteroatoms. The first-order valence-corrected chi connectivity index (χ1v) is 7.95. The van der Waals surface area contributed by atoms with Gasteiger partial charge in [-0.05, 0) is 37.0 Å². The minimum absolute atomic E-state index is 0.784. The van der Waals surface area contributed by atoms with Crippen LogP contribution in [0.4, 0.5) is 5.69 Å². The predicted octanol–water partition coefficient (Wildman–Crippen LogP) is 1.67. The number of hydrogen-bond donors (Lipinski definition) is 2. The van der Waals surface area contributed by atoms with E-state index >= 15 is 0 Å². The van der Waals surface area contributed by atoms with Crippen LogP contribution >= 0.6 is 0 Å². The van der Waals surface area contributed by atoms with Crippen molar-refractivity contribution >= 4 is 16.7 Å². The monoisotopic (exact) mass is 285 g/mol. The van der Waals surface area contributed by atoms with Gasteiger partial charge in [0, 0.05) is 38.4 Å². The van der Waals surface area contributed by atoms with Gasteiger partial charge in [0.1, 0.15) is 5.82 Å². The van der Waals surface area contributed by atoms with Gasteiger partial charge in [0.25, 0.3) is 0 Å². The molecule has 0 bridgehead atoms. The normalized spacial score (nSPS) is 21.1. The van der Waals surface area contributed by atoms with E-state index in [4.69, 9.17) is 5.73 Å². The zero-order valence-electron chi connectivity index (χ0n) is 12.4. The molecular weight excluding hydrogens is 262 g/mol. The van der Waals surface area contributed by atoms with Gasteiger partial charge in [0.15, 0.2) is 0 Å². The Kier molecular flexibility index (Phi) is 3.31. The second kappa shape index (κ2) is 5.31. The fourth-order valence-corrected chi connectivity index (χ4v) is 3.16. The molecule has 1 aliphatic heterocycles. The highest BCUT2D eigenvalue weighted by Crippen LogP contribution is 2.30. The van der Waals surface area contributed by atoms with Gasteiger partial charge in [-0.25, -0.2) is 4.98 Å². The number of hydrogen-bond acceptors (Lipinski definition) is 4. The van der Waals surface area contributed by atoms with Gasteiger partial charge in [-0.15, -0.1) is 0 Å². The Morgan fingerprint density at radius 2 is 1.90 bits per heavy atom. The van der Waals surface area contributed by atoms with Crippen LogP contribution < -0.4 is 5.73 Å². The Bertz CT molecular complexity index is 623. The van der Waals surface area contributed by atoms with Crippen molar-refractivity contribution in [1.29, 1.82) is 0 Å². The number of nitrogens with one attached hydrogen (secondary N) is 1. The van der Waals surface area contributed by atoms with E-state index in [0.717, 1.165) is 48.1 Å². The molecule has 3 N–H and O–H groups in total. The smallest absolute Gasteiger partial charge is 0.121 e. The Morgan fingerprint density at radius 3 is 2.67 bits per heavy atom. The topological polar surface area (TPSA) is 61.2 Å². The summed E-state index contributed by atoms with van der Waals surface area (Å²) in [6.45, 7) is 6.91. The molecule has 21 heavy (non-hydrogen) atoms. The first-order chi connectivity index (χ1) is 10.3. The molecule has 0 unspecified atom stereocenters. The van der Waals surface area contributed by atoms with Gasteiger partial charge in [-0.1, -0.05) is 0 Å². The first-order valence-electron chi connectivity index (χ1n) is 7.95. The third kappa shape index (κ3) is 3.04. The summed E-state index contributed by atoms with van der Waals surface area (Å²) in [5, 5.41) is 0. The minimum Gasteiger partial charge on any atom is -0.399 e. The molecule has 1 aromatic heterocycles. The number of H-pyrrole nitrogens is 1.